The zero-order valence-electron chi connectivity index (χ0n) is 15.6. The number of benzene rings is 2. The normalized spacial score (nSPS) is 10.8. The van der Waals surface area contributed by atoms with Crippen molar-refractivity contribution < 1.29 is 41.0 Å². The molecule has 4 aromatic carbocycles. The van der Waals surface area contributed by atoms with Gasteiger partial charge in [0, 0.05) is 22.4 Å². The van der Waals surface area contributed by atoms with Gasteiger partial charge in [0.2, 0.25) is 0 Å². The number of hydrogen-bond donors (Lipinski definition) is 0. The standard InChI is InChI=1S/2C6H4BO2.2C5H5.Nb/c2*1-2-4-6-5(3-1)8-7-9-6;2*1-2-4-5-3-1;/h2*1-4H;2*1-5H;/q;;-5;-1;. The van der Waals surface area contributed by atoms with Gasteiger partial charge < -0.3 is 48.9 Å². The minimum atomic E-state index is 0. The monoisotopic (exact) mass is 461 g/mol. The van der Waals surface area contributed by atoms with Gasteiger partial charge in [-0.25, -0.2) is 12.1 Å². The molecular formula is C22H18B2NbO4-6. The predicted octanol–water partition coefficient (Wildman–Crippen LogP) is 4.79. The van der Waals surface area contributed by atoms with Gasteiger partial charge in [-0.05, 0) is 24.3 Å². The maximum Gasteiger partial charge on any atom is 0.658 e. The van der Waals surface area contributed by atoms with Crippen LogP contribution in [0.15, 0.2) is 109 Å². The molecule has 0 saturated heterocycles. The quantitative estimate of drug-likeness (QED) is 0.279. The van der Waals surface area contributed by atoms with Crippen molar-refractivity contribution in [1.29, 1.82) is 0 Å². The Balaban J connectivity index is 0.000000142. The Morgan fingerprint density at radius 2 is 0.793 bits per heavy atom. The minimum Gasteiger partial charge on any atom is -0.748 e. The second-order valence-electron chi connectivity index (χ2n) is 5.48. The molecule has 7 heteroatoms. The Bertz CT molecular complexity index is 743. The van der Waals surface area contributed by atoms with E-state index in [0.717, 1.165) is 23.0 Å². The van der Waals surface area contributed by atoms with Crippen LogP contribution in [0.3, 0.4) is 0 Å². The molecule has 0 amide bonds. The second-order valence-corrected chi connectivity index (χ2v) is 5.48. The third-order valence-corrected chi connectivity index (χ3v) is 3.51. The first-order valence-electron chi connectivity index (χ1n) is 8.75. The molecule has 4 aromatic rings. The van der Waals surface area contributed by atoms with Gasteiger partial charge in [0.25, 0.3) is 0 Å². The van der Waals surface area contributed by atoms with E-state index < -0.39 is 0 Å². The molecule has 6 rings (SSSR count). The van der Waals surface area contributed by atoms with Crippen molar-refractivity contribution in [2.24, 2.45) is 0 Å². The first-order valence-corrected chi connectivity index (χ1v) is 8.75. The Hall–Kier alpha value is -2.79. The van der Waals surface area contributed by atoms with Crippen LogP contribution >= 0.6 is 0 Å². The number of para-hydroxylation sites is 4. The van der Waals surface area contributed by atoms with Gasteiger partial charge in [-0.3, -0.25) is 0 Å². The third kappa shape index (κ3) is 8.00. The van der Waals surface area contributed by atoms with E-state index in [1.807, 2.05) is 109 Å². The fourth-order valence-electron chi connectivity index (χ4n) is 2.19. The average Bonchev–Trinajstić information content (AvgIpc) is 3.56. The summed E-state index contributed by atoms with van der Waals surface area (Å²) in [4.78, 5) is 0. The smallest absolute Gasteiger partial charge is 0.658 e. The maximum absolute atomic E-state index is 4.95. The fraction of sp³-hybridized carbons (Fsp3) is 0. The summed E-state index contributed by atoms with van der Waals surface area (Å²) >= 11 is 0. The van der Waals surface area contributed by atoms with Crippen LogP contribution in [0.5, 0.6) is 23.0 Å². The van der Waals surface area contributed by atoms with Crippen LogP contribution in [0, 0.1) is 0 Å². The Labute approximate surface area is 188 Å². The summed E-state index contributed by atoms with van der Waals surface area (Å²) in [5, 5.41) is 0. The zero-order valence-corrected chi connectivity index (χ0v) is 17.8. The van der Waals surface area contributed by atoms with E-state index in [1.54, 1.807) is 0 Å². The van der Waals surface area contributed by atoms with Crippen LogP contribution in [-0.2, 0) is 22.4 Å². The second kappa shape index (κ2) is 13.4. The van der Waals surface area contributed by atoms with Gasteiger partial charge in [-0.2, -0.15) is 18.2 Å². The van der Waals surface area contributed by atoms with E-state index in [2.05, 4.69) is 0 Å². The molecule has 2 aliphatic rings. The van der Waals surface area contributed by atoms with Crippen molar-refractivity contribution in [1.82, 2.24) is 0 Å². The van der Waals surface area contributed by atoms with Crippen LogP contribution in [0.4, 0.5) is 0 Å². The van der Waals surface area contributed by atoms with E-state index in [4.69, 9.17) is 18.6 Å². The summed E-state index contributed by atoms with van der Waals surface area (Å²) in [5.41, 5.74) is 0. The van der Waals surface area contributed by atoms with Crippen LogP contribution in [0.25, 0.3) is 0 Å². The van der Waals surface area contributed by atoms with Crippen molar-refractivity contribution in [3.8, 4) is 23.0 Å². The predicted molar refractivity (Wildman–Crippen MR) is 111 cm³/mol. The average molecular weight is 461 g/mol. The number of fused-ring (bicyclic) bond motifs is 2. The molecule has 4 nitrogen and oxygen atoms in total. The Kier molecular flexibility index (Phi) is 10.4. The summed E-state index contributed by atoms with van der Waals surface area (Å²) in [6, 6.07) is 35.1. The van der Waals surface area contributed by atoms with Gasteiger partial charge in [0.1, 0.15) is 23.0 Å². The number of rotatable bonds is 0. The van der Waals surface area contributed by atoms with Crippen LogP contribution in [-0.4, -0.2) is 15.4 Å². The first-order chi connectivity index (χ1) is 13.9. The summed E-state index contributed by atoms with van der Waals surface area (Å²) in [6.07, 6.45) is 0. The van der Waals surface area contributed by atoms with Gasteiger partial charge >= 0.3 is 15.4 Å². The van der Waals surface area contributed by atoms with E-state index in [-0.39, 0.29) is 22.4 Å². The van der Waals surface area contributed by atoms with Gasteiger partial charge in [0.05, 0.1) is 0 Å². The van der Waals surface area contributed by atoms with Gasteiger partial charge in [-0.15, -0.1) is 0 Å². The van der Waals surface area contributed by atoms with Crippen molar-refractivity contribution in [3.05, 3.63) is 109 Å². The van der Waals surface area contributed by atoms with E-state index in [0.29, 0.717) is 0 Å². The first kappa shape index (κ1) is 22.5. The summed E-state index contributed by atoms with van der Waals surface area (Å²) in [5.74, 6) is 3.16. The maximum atomic E-state index is 4.95. The van der Waals surface area contributed by atoms with E-state index in [9.17, 15) is 0 Å². The minimum absolute atomic E-state index is 0. The molecule has 0 unspecified atom stereocenters. The molecule has 2 aliphatic heterocycles. The molecule has 29 heavy (non-hydrogen) atoms. The molecule has 3 radical (unpaired) electrons. The van der Waals surface area contributed by atoms with Gasteiger partial charge in [-0.1, -0.05) is 24.3 Å². The van der Waals surface area contributed by atoms with Crippen molar-refractivity contribution in [3.63, 3.8) is 0 Å². The molecule has 0 saturated carbocycles. The topological polar surface area (TPSA) is 36.9 Å². The Morgan fingerprint density at radius 3 is 1.03 bits per heavy atom. The van der Waals surface area contributed by atoms with Crippen molar-refractivity contribution >= 4 is 15.4 Å². The van der Waals surface area contributed by atoms with Crippen LogP contribution in [0.1, 0.15) is 0 Å². The SMILES string of the molecule is [B]1Oc2ccccc2O1.[B]1Oc2ccccc2O1.[Nb].[cH-]1[cH-][cH-][cH-][cH-]1.c1cc[cH-]c1. The largest absolute Gasteiger partial charge is 0.748 e. The van der Waals surface area contributed by atoms with Gasteiger partial charge in [0.15, 0.2) is 0 Å². The molecule has 2 heterocycles. The fourth-order valence-corrected chi connectivity index (χ4v) is 2.19. The molecule has 0 fully saturated rings. The number of hydrogen-bond acceptors (Lipinski definition) is 4. The summed E-state index contributed by atoms with van der Waals surface area (Å²) in [6.45, 7) is 0. The molecule has 0 aliphatic carbocycles. The molecule has 0 atom stereocenters. The molecule has 147 valence electrons. The molecule has 0 spiro atoms. The Morgan fingerprint density at radius 1 is 0.483 bits per heavy atom. The van der Waals surface area contributed by atoms with Crippen molar-refractivity contribution in [2.45, 2.75) is 0 Å². The van der Waals surface area contributed by atoms with E-state index in [1.165, 1.54) is 15.4 Å². The molecule has 0 N–H and O–H groups in total. The summed E-state index contributed by atoms with van der Waals surface area (Å²) in [7, 11) is 2.65. The van der Waals surface area contributed by atoms with E-state index >= 15 is 0 Å². The molecular weight excluding hydrogens is 443 g/mol. The van der Waals surface area contributed by atoms with Crippen LogP contribution in [0.2, 0.25) is 0 Å². The molecule has 0 aromatic heterocycles. The summed E-state index contributed by atoms with van der Waals surface area (Å²) < 4.78 is 19.8. The van der Waals surface area contributed by atoms with Crippen LogP contribution < -0.4 is 18.6 Å². The zero-order chi connectivity index (χ0) is 19.3. The third-order valence-electron chi connectivity index (χ3n) is 3.51. The van der Waals surface area contributed by atoms with Crippen molar-refractivity contribution in [2.75, 3.05) is 0 Å². The molecule has 0 bridgehead atoms.